The van der Waals surface area contributed by atoms with Gasteiger partial charge in [-0.3, -0.25) is 9.59 Å². The minimum Gasteiger partial charge on any atom is -0.339 e. The molecule has 2 rings (SSSR count). The van der Waals surface area contributed by atoms with E-state index in [0.29, 0.717) is 15.8 Å². The molecule has 1 atom stereocenters. The number of nitrogens with one attached hydrogen (secondary N) is 2. The van der Waals surface area contributed by atoms with Crippen LogP contribution in [0, 0.1) is 0 Å². The minimum atomic E-state index is -0.693. The summed E-state index contributed by atoms with van der Waals surface area (Å²) in [6.45, 7) is 4.01. The summed E-state index contributed by atoms with van der Waals surface area (Å²) in [4.78, 5) is 25.5. The molecule has 0 fully saturated rings. The summed E-state index contributed by atoms with van der Waals surface area (Å²) in [6.07, 6.45) is 2.94. The van der Waals surface area contributed by atoms with Crippen molar-refractivity contribution in [1.82, 2.24) is 10.7 Å². The summed E-state index contributed by atoms with van der Waals surface area (Å²) in [7, 11) is 0. The molecule has 0 aliphatic rings. The molecule has 0 heterocycles. The SMILES string of the molecule is CCCCC(C)=NNC(=O)C(CSCc1ccccc1)NC(=O)c1ccccc1Br. The molecule has 1 unspecified atom stereocenters. The highest BCUT2D eigenvalue weighted by Gasteiger charge is 2.22. The van der Waals surface area contributed by atoms with Gasteiger partial charge < -0.3 is 5.32 Å². The Morgan fingerprint density at radius 2 is 1.80 bits per heavy atom. The number of amides is 2. The van der Waals surface area contributed by atoms with Crippen molar-refractivity contribution in [2.75, 3.05) is 5.75 Å². The van der Waals surface area contributed by atoms with E-state index in [1.807, 2.05) is 43.3 Å². The van der Waals surface area contributed by atoms with Crippen LogP contribution < -0.4 is 10.7 Å². The standard InChI is InChI=1S/C23H28BrN3O2S/c1-3-4-10-17(2)26-27-23(29)21(16-30-15-18-11-6-5-7-12-18)25-22(28)19-13-8-9-14-20(19)24/h5-9,11-14,21H,3-4,10,15-16H2,1-2H3,(H,25,28)(H,27,29). The number of thioether (sulfide) groups is 1. The van der Waals surface area contributed by atoms with Crippen LogP contribution in [0.15, 0.2) is 64.2 Å². The van der Waals surface area contributed by atoms with E-state index in [-0.39, 0.29) is 11.8 Å². The van der Waals surface area contributed by atoms with E-state index in [1.165, 1.54) is 5.56 Å². The summed E-state index contributed by atoms with van der Waals surface area (Å²) in [6, 6.07) is 16.5. The third-order valence-electron chi connectivity index (χ3n) is 4.39. The van der Waals surface area contributed by atoms with Crippen LogP contribution in [0.4, 0.5) is 0 Å². The second-order valence-electron chi connectivity index (χ2n) is 6.93. The summed E-state index contributed by atoms with van der Waals surface area (Å²) < 4.78 is 0.687. The van der Waals surface area contributed by atoms with Crippen LogP contribution in [0.1, 0.15) is 49.0 Å². The number of halogens is 1. The number of hydrogen-bond donors (Lipinski definition) is 2. The van der Waals surface area contributed by atoms with Crippen LogP contribution in [-0.2, 0) is 10.5 Å². The van der Waals surface area contributed by atoms with Crippen molar-refractivity contribution in [3.63, 3.8) is 0 Å². The quantitative estimate of drug-likeness (QED) is 0.338. The molecule has 7 heteroatoms. The lowest BCUT2D eigenvalue weighted by Crippen LogP contribution is -2.47. The first-order valence-corrected chi connectivity index (χ1v) is 12.0. The summed E-state index contributed by atoms with van der Waals surface area (Å²) >= 11 is 4.99. The van der Waals surface area contributed by atoms with Crippen molar-refractivity contribution >= 4 is 45.2 Å². The molecule has 0 saturated heterocycles. The molecule has 0 aliphatic heterocycles. The fourth-order valence-electron chi connectivity index (χ4n) is 2.65. The van der Waals surface area contributed by atoms with Gasteiger partial charge in [0.25, 0.3) is 11.8 Å². The van der Waals surface area contributed by atoms with E-state index in [0.717, 1.165) is 30.7 Å². The number of hydrazone groups is 1. The average Bonchev–Trinajstić information content (AvgIpc) is 2.76. The summed E-state index contributed by atoms with van der Waals surface area (Å²) in [5.41, 5.74) is 5.16. The van der Waals surface area contributed by atoms with Gasteiger partial charge in [0.15, 0.2) is 0 Å². The van der Waals surface area contributed by atoms with Crippen molar-refractivity contribution < 1.29 is 9.59 Å². The molecule has 2 N–H and O–H groups in total. The van der Waals surface area contributed by atoms with Crippen LogP contribution in [0.3, 0.4) is 0 Å². The third-order valence-corrected chi connectivity index (χ3v) is 6.18. The lowest BCUT2D eigenvalue weighted by atomic mass is 10.2. The number of unbranched alkanes of at least 4 members (excludes halogenated alkanes) is 1. The first-order valence-electron chi connectivity index (χ1n) is 10.0. The molecular formula is C23H28BrN3O2S. The van der Waals surface area contributed by atoms with E-state index >= 15 is 0 Å². The number of benzene rings is 2. The predicted molar refractivity (Wildman–Crippen MR) is 129 cm³/mol. The maximum absolute atomic E-state index is 12.8. The van der Waals surface area contributed by atoms with Crippen molar-refractivity contribution in [3.8, 4) is 0 Å². The van der Waals surface area contributed by atoms with Gasteiger partial charge >= 0.3 is 0 Å². The zero-order valence-electron chi connectivity index (χ0n) is 17.4. The monoisotopic (exact) mass is 489 g/mol. The maximum Gasteiger partial charge on any atom is 0.263 e. The number of carbonyl (C=O) groups excluding carboxylic acids is 2. The number of carbonyl (C=O) groups is 2. The van der Waals surface area contributed by atoms with Crippen LogP contribution in [0.5, 0.6) is 0 Å². The highest BCUT2D eigenvalue weighted by molar-refractivity contribution is 9.10. The fourth-order valence-corrected chi connectivity index (χ4v) is 4.13. The van der Waals surface area contributed by atoms with Gasteiger partial charge in [0.1, 0.15) is 6.04 Å². The van der Waals surface area contributed by atoms with Crippen LogP contribution in [0.2, 0.25) is 0 Å². The molecule has 5 nitrogen and oxygen atoms in total. The number of rotatable bonds is 11. The Bertz CT molecular complexity index is 859. The van der Waals surface area contributed by atoms with Gasteiger partial charge in [-0.05, 0) is 53.4 Å². The Kier molecular flexibility index (Phi) is 10.7. The Labute approximate surface area is 191 Å². The normalized spacial score (nSPS) is 12.3. The fraction of sp³-hybridized carbons (Fsp3) is 0.348. The van der Waals surface area contributed by atoms with E-state index < -0.39 is 6.04 Å². The summed E-state index contributed by atoms with van der Waals surface area (Å²) in [5, 5.41) is 7.05. The smallest absolute Gasteiger partial charge is 0.263 e. The molecule has 0 aliphatic carbocycles. The molecule has 0 bridgehead atoms. The second kappa shape index (κ2) is 13.2. The van der Waals surface area contributed by atoms with Crippen molar-refractivity contribution in [1.29, 1.82) is 0 Å². The van der Waals surface area contributed by atoms with Crippen molar-refractivity contribution in [3.05, 3.63) is 70.2 Å². The largest absolute Gasteiger partial charge is 0.339 e. The Hall–Kier alpha value is -2.12. The van der Waals surface area contributed by atoms with Gasteiger partial charge in [-0.25, -0.2) is 5.43 Å². The van der Waals surface area contributed by atoms with Crippen LogP contribution in [0.25, 0.3) is 0 Å². The predicted octanol–water partition coefficient (Wildman–Crippen LogP) is 5.16. The van der Waals surface area contributed by atoms with Gasteiger partial charge in [-0.1, -0.05) is 55.8 Å². The first kappa shape index (κ1) is 24.2. The molecule has 0 aromatic heterocycles. The molecule has 2 aromatic rings. The van der Waals surface area contributed by atoms with Gasteiger partial charge in [0, 0.05) is 21.7 Å². The lowest BCUT2D eigenvalue weighted by molar-refractivity contribution is -0.122. The molecule has 2 amide bonds. The zero-order valence-corrected chi connectivity index (χ0v) is 19.8. The Morgan fingerprint density at radius 1 is 1.10 bits per heavy atom. The Balaban J connectivity index is 2.03. The van der Waals surface area contributed by atoms with Crippen molar-refractivity contribution in [2.45, 2.75) is 44.9 Å². The number of hydrogen-bond acceptors (Lipinski definition) is 4. The second-order valence-corrected chi connectivity index (χ2v) is 8.82. The zero-order chi connectivity index (χ0) is 21.8. The first-order chi connectivity index (χ1) is 14.5. The number of nitrogens with zero attached hydrogens (tertiary/aromatic N) is 1. The molecule has 0 saturated carbocycles. The molecule has 160 valence electrons. The van der Waals surface area contributed by atoms with Gasteiger partial charge in [0.2, 0.25) is 0 Å². The van der Waals surface area contributed by atoms with Gasteiger partial charge in [-0.15, -0.1) is 0 Å². The van der Waals surface area contributed by atoms with Crippen molar-refractivity contribution in [2.24, 2.45) is 5.10 Å². The van der Waals surface area contributed by atoms with E-state index in [9.17, 15) is 9.59 Å². The van der Waals surface area contributed by atoms with Gasteiger partial charge in [0.05, 0.1) is 5.56 Å². The lowest BCUT2D eigenvalue weighted by Gasteiger charge is -2.18. The van der Waals surface area contributed by atoms with Gasteiger partial charge in [-0.2, -0.15) is 16.9 Å². The molecule has 2 aromatic carbocycles. The minimum absolute atomic E-state index is 0.297. The highest BCUT2D eigenvalue weighted by Crippen LogP contribution is 2.17. The molecule has 0 radical (unpaired) electrons. The maximum atomic E-state index is 12.8. The Morgan fingerprint density at radius 3 is 2.50 bits per heavy atom. The van der Waals surface area contributed by atoms with Crippen LogP contribution >= 0.6 is 27.7 Å². The van der Waals surface area contributed by atoms with E-state index in [2.05, 4.69) is 38.7 Å². The van der Waals surface area contributed by atoms with E-state index in [1.54, 1.807) is 30.0 Å². The molecular weight excluding hydrogens is 462 g/mol. The topological polar surface area (TPSA) is 70.6 Å². The summed E-state index contributed by atoms with van der Waals surface area (Å²) in [5.74, 6) is 0.593. The van der Waals surface area contributed by atoms with Crippen LogP contribution in [-0.4, -0.2) is 29.3 Å². The third kappa shape index (κ3) is 8.32. The van der Waals surface area contributed by atoms with E-state index in [4.69, 9.17) is 0 Å². The highest BCUT2D eigenvalue weighted by atomic mass is 79.9. The molecule has 0 spiro atoms. The average molecular weight is 490 g/mol. The molecule has 30 heavy (non-hydrogen) atoms.